The van der Waals surface area contributed by atoms with Gasteiger partial charge < -0.3 is 29.6 Å². The molecule has 0 spiro atoms. The second-order valence-corrected chi connectivity index (χ2v) is 10.1. The number of anilines is 1. The molecule has 4 aromatic rings. The molecule has 0 unspecified atom stereocenters. The Bertz CT molecular complexity index is 1470. The van der Waals surface area contributed by atoms with Crippen molar-refractivity contribution in [3.63, 3.8) is 0 Å². The standard InChI is InChI=1S/C31H32N4O4/c1-38-23-13-11-22(12-14-23)32-31(37)35-18-24(39-20-21-7-3-2-4-8-21)17-29(35)30(36)34-16-15-26-25-9-5-6-10-27(25)33-28(26)19-34/h2-14,24,29,33H,15-20H2,1H3,(H,32,37)/t24-,29+/m1/s1. The topological polar surface area (TPSA) is 86.9 Å². The predicted octanol–water partition coefficient (Wildman–Crippen LogP) is 4.95. The first-order valence-electron chi connectivity index (χ1n) is 13.3. The van der Waals surface area contributed by atoms with E-state index in [1.165, 1.54) is 10.9 Å². The Hall–Kier alpha value is -4.30. The van der Waals surface area contributed by atoms with Crippen molar-refractivity contribution < 1.29 is 19.1 Å². The van der Waals surface area contributed by atoms with Crippen LogP contribution in [0.2, 0.25) is 0 Å². The van der Waals surface area contributed by atoms with Crippen molar-refractivity contribution in [2.24, 2.45) is 0 Å². The maximum absolute atomic E-state index is 13.9. The van der Waals surface area contributed by atoms with Crippen LogP contribution in [-0.2, 0) is 29.1 Å². The number of carbonyl (C=O) groups excluding carboxylic acids is 2. The van der Waals surface area contributed by atoms with Crippen molar-refractivity contribution in [3.05, 3.63) is 95.7 Å². The van der Waals surface area contributed by atoms with Crippen LogP contribution < -0.4 is 10.1 Å². The van der Waals surface area contributed by atoms with Crippen molar-refractivity contribution in [2.45, 2.75) is 38.1 Å². The number of methoxy groups -OCH3 is 1. The molecule has 0 saturated carbocycles. The summed E-state index contributed by atoms with van der Waals surface area (Å²) in [5.74, 6) is 0.660. The number of rotatable bonds is 6. The van der Waals surface area contributed by atoms with E-state index in [-0.39, 0.29) is 18.0 Å². The van der Waals surface area contributed by atoms with E-state index in [2.05, 4.69) is 22.4 Å². The van der Waals surface area contributed by atoms with Crippen LogP contribution in [0, 0.1) is 0 Å². The van der Waals surface area contributed by atoms with Gasteiger partial charge in [-0.05, 0) is 47.9 Å². The number of urea groups is 1. The number of nitrogens with one attached hydrogen (secondary N) is 2. The summed E-state index contributed by atoms with van der Waals surface area (Å²) in [5, 5.41) is 4.17. The molecule has 3 heterocycles. The van der Waals surface area contributed by atoms with Crippen LogP contribution >= 0.6 is 0 Å². The van der Waals surface area contributed by atoms with Crippen LogP contribution in [-0.4, -0.2) is 59.1 Å². The summed E-state index contributed by atoms with van der Waals surface area (Å²) in [6.45, 7) is 1.90. The number of aromatic amines is 1. The van der Waals surface area contributed by atoms with Gasteiger partial charge in [0.25, 0.3) is 0 Å². The number of para-hydroxylation sites is 1. The largest absolute Gasteiger partial charge is 0.497 e. The smallest absolute Gasteiger partial charge is 0.322 e. The normalized spacial score (nSPS) is 18.7. The van der Waals surface area contributed by atoms with E-state index in [0.29, 0.717) is 44.1 Å². The number of nitrogens with zero attached hydrogens (tertiary/aromatic N) is 2. The Labute approximate surface area is 227 Å². The van der Waals surface area contributed by atoms with Gasteiger partial charge >= 0.3 is 6.03 Å². The Balaban J connectivity index is 1.19. The lowest BCUT2D eigenvalue weighted by Crippen LogP contribution is -2.50. The molecule has 6 rings (SSSR count). The zero-order valence-electron chi connectivity index (χ0n) is 21.9. The molecular formula is C31H32N4O4. The lowest BCUT2D eigenvalue weighted by Gasteiger charge is -2.32. The number of aromatic nitrogens is 1. The quantitative estimate of drug-likeness (QED) is 0.374. The van der Waals surface area contributed by atoms with Gasteiger partial charge in [0.2, 0.25) is 5.91 Å². The van der Waals surface area contributed by atoms with E-state index < -0.39 is 6.04 Å². The fourth-order valence-corrected chi connectivity index (χ4v) is 5.63. The molecule has 0 aliphatic carbocycles. The fourth-order valence-electron chi connectivity index (χ4n) is 5.63. The second-order valence-electron chi connectivity index (χ2n) is 10.1. The van der Waals surface area contributed by atoms with Crippen molar-refractivity contribution in [3.8, 4) is 5.75 Å². The van der Waals surface area contributed by atoms with Gasteiger partial charge in [-0.25, -0.2) is 4.79 Å². The van der Waals surface area contributed by atoms with Crippen molar-refractivity contribution >= 4 is 28.5 Å². The highest BCUT2D eigenvalue weighted by Gasteiger charge is 2.42. The summed E-state index contributed by atoms with van der Waals surface area (Å²) >= 11 is 0. The molecule has 2 N–H and O–H groups in total. The zero-order valence-corrected chi connectivity index (χ0v) is 21.9. The van der Waals surface area contributed by atoms with Gasteiger partial charge in [0.1, 0.15) is 11.8 Å². The molecule has 2 aliphatic heterocycles. The fraction of sp³-hybridized carbons (Fsp3) is 0.290. The molecule has 1 saturated heterocycles. The van der Waals surface area contributed by atoms with Crippen LogP contribution in [0.1, 0.15) is 23.2 Å². The maximum Gasteiger partial charge on any atom is 0.322 e. The number of amides is 3. The molecule has 0 bridgehead atoms. The minimum Gasteiger partial charge on any atom is -0.497 e. The van der Waals surface area contributed by atoms with Crippen LogP contribution in [0.3, 0.4) is 0 Å². The highest BCUT2D eigenvalue weighted by molar-refractivity contribution is 5.94. The molecule has 1 fully saturated rings. The Morgan fingerprint density at radius 2 is 1.77 bits per heavy atom. The van der Waals surface area contributed by atoms with E-state index in [1.54, 1.807) is 36.3 Å². The van der Waals surface area contributed by atoms with Gasteiger partial charge in [0.05, 0.1) is 26.4 Å². The van der Waals surface area contributed by atoms with Crippen molar-refractivity contribution in [2.75, 3.05) is 25.5 Å². The lowest BCUT2D eigenvalue weighted by atomic mass is 10.0. The summed E-state index contributed by atoms with van der Waals surface area (Å²) in [5.41, 5.74) is 5.14. The molecule has 3 aromatic carbocycles. The zero-order chi connectivity index (χ0) is 26.8. The van der Waals surface area contributed by atoms with Crippen LogP contribution in [0.4, 0.5) is 10.5 Å². The second kappa shape index (κ2) is 10.8. The molecule has 2 atom stereocenters. The number of hydrogen-bond acceptors (Lipinski definition) is 4. The molecule has 200 valence electrons. The van der Waals surface area contributed by atoms with Crippen LogP contribution in [0.5, 0.6) is 5.75 Å². The van der Waals surface area contributed by atoms with Gasteiger partial charge in [-0.1, -0.05) is 48.5 Å². The molecule has 8 nitrogen and oxygen atoms in total. The predicted molar refractivity (Wildman–Crippen MR) is 150 cm³/mol. The van der Waals surface area contributed by atoms with E-state index in [1.807, 2.05) is 47.4 Å². The maximum atomic E-state index is 13.9. The molecule has 3 amide bonds. The van der Waals surface area contributed by atoms with Crippen LogP contribution in [0.25, 0.3) is 10.9 Å². The minimum absolute atomic E-state index is 0.0463. The van der Waals surface area contributed by atoms with Gasteiger partial charge in [0, 0.05) is 41.8 Å². The van der Waals surface area contributed by atoms with Gasteiger partial charge in [-0.2, -0.15) is 0 Å². The Morgan fingerprint density at radius 1 is 1.00 bits per heavy atom. The van der Waals surface area contributed by atoms with Gasteiger partial charge in [0.15, 0.2) is 0 Å². The average Bonchev–Trinajstić information content (AvgIpc) is 3.58. The first-order chi connectivity index (χ1) is 19.1. The summed E-state index contributed by atoms with van der Waals surface area (Å²) in [7, 11) is 1.60. The SMILES string of the molecule is COc1ccc(NC(=O)N2C[C@H](OCc3ccccc3)C[C@H]2C(=O)N2CCc3c([nH]c4ccccc34)C2)cc1. The summed E-state index contributed by atoms with van der Waals surface area (Å²) < 4.78 is 11.4. The third-order valence-electron chi connectivity index (χ3n) is 7.67. The molecular weight excluding hydrogens is 492 g/mol. The summed E-state index contributed by atoms with van der Waals surface area (Å²) in [4.78, 5) is 34.4. The molecule has 8 heteroatoms. The number of H-pyrrole nitrogens is 1. The third-order valence-corrected chi connectivity index (χ3v) is 7.67. The number of ether oxygens (including phenoxy) is 2. The van der Waals surface area contributed by atoms with E-state index in [0.717, 1.165) is 23.2 Å². The van der Waals surface area contributed by atoms with Gasteiger partial charge in [-0.3, -0.25) is 4.79 Å². The molecule has 0 radical (unpaired) electrons. The summed E-state index contributed by atoms with van der Waals surface area (Å²) in [6.07, 6.45) is 0.996. The highest BCUT2D eigenvalue weighted by Crippen LogP contribution is 2.30. The molecule has 2 aliphatic rings. The number of fused-ring (bicyclic) bond motifs is 3. The monoisotopic (exact) mass is 524 g/mol. The van der Waals surface area contributed by atoms with E-state index in [9.17, 15) is 9.59 Å². The first kappa shape index (κ1) is 25.0. The van der Waals surface area contributed by atoms with Crippen LogP contribution in [0.15, 0.2) is 78.9 Å². The van der Waals surface area contributed by atoms with Crippen molar-refractivity contribution in [1.82, 2.24) is 14.8 Å². The number of benzene rings is 3. The van der Waals surface area contributed by atoms with Gasteiger partial charge in [-0.15, -0.1) is 0 Å². The minimum atomic E-state index is -0.602. The Morgan fingerprint density at radius 3 is 2.56 bits per heavy atom. The first-order valence-corrected chi connectivity index (χ1v) is 13.3. The summed E-state index contributed by atoms with van der Waals surface area (Å²) in [6, 6.07) is 24.4. The van der Waals surface area contributed by atoms with E-state index in [4.69, 9.17) is 9.47 Å². The van der Waals surface area contributed by atoms with E-state index >= 15 is 0 Å². The van der Waals surface area contributed by atoms with Crippen molar-refractivity contribution in [1.29, 1.82) is 0 Å². The molecule has 39 heavy (non-hydrogen) atoms. The number of hydrogen-bond donors (Lipinski definition) is 2. The molecule has 1 aromatic heterocycles. The number of carbonyl (C=O) groups is 2. The third kappa shape index (κ3) is 5.20. The number of likely N-dealkylation sites (tertiary alicyclic amines) is 1. The lowest BCUT2D eigenvalue weighted by molar-refractivity contribution is -0.136. The average molecular weight is 525 g/mol. The highest BCUT2D eigenvalue weighted by atomic mass is 16.5. The Kier molecular flexibility index (Phi) is 6.94.